The average Bonchev–Trinajstić information content (AvgIpc) is 2.01. The van der Waals surface area contributed by atoms with Crippen molar-refractivity contribution in [2.45, 2.75) is 6.92 Å². The lowest BCUT2D eigenvalue weighted by molar-refractivity contribution is 0.0524. The number of rotatable bonds is 2. The van der Waals surface area contributed by atoms with Crippen molar-refractivity contribution in [3.63, 3.8) is 0 Å². The molecule has 0 saturated heterocycles. The predicted molar refractivity (Wildman–Crippen MR) is 70.5 cm³/mol. The van der Waals surface area contributed by atoms with Crippen LogP contribution in [0.2, 0.25) is 0 Å². The van der Waals surface area contributed by atoms with Crippen LogP contribution >= 0.6 is 54.5 Å². The van der Waals surface area contributed by atoms with Crippen LogP contribution in [0.3, 0.4) is 0 Å². The van der Waals surface area contributed by atoms with Crippen molar-refractivity contribution >= 4 is 60.4 Å². The van der Waals surface area contributed by atoms with Gasteiger partial charge in [0.25, 0.3) is 0 Å². The third-order valence-corrected chi connectivity index (χ3v) is 3.36. The molecule has 0 aromatic heterocycles. The zero-order valence-corrected chi connectivity index (χ0v) is 12.6. The largest absolute Gasteiger partial charge is 0.462 e. The molecule has 1 aromatic rings. The van der Waals surface area contributed by atoms with Gasteiger partial charge in [-0.2, -0.15) is 0 Å². The van der Waals surface area contributed by atoms with E-state index < -0.39 is 0 Å². The summed E-state index contributed by atoms with van der Waals surface area (Å²) in [6.07, 6.45) is 0. The van der Waals surface area contributed by atoms with Crippen LogP contribution in [-0.2, 0) is 4.74 Å². The first kappa shape index (κ1) is 12.4. The second kappa shape index (κ2) is 5.46. The molecule has 0 saturated carbocycles. The molecule has 0 radical (unpaired) electrons. The van der Waals surface area contributed by atoms with Crippen molar-refractivity contribution in [1.29, 1.82) is 0 Å². The number of hydrogen-bond acceptors (Lipinski definition) is 2. The number of esters is 1. The fourth-order valence-electron chi connectivity index (χ4n) is 0.940. The lowest BCUT2D eigenvalue weighted by atomic mass is 10.2. The zero-order chi connectivity index (χ0) is 10.7. The van der Waals surface area contributed by atoms with Gasteiger partial charge in [-0.1, -0.05) is 0 Å². The summed E-state index contributed by atoms with van der Waals surface area (Å²) in [6.45, 7) is 2.16. The third kappa shape index (κ3) is 2.93. The monoisotopic (exact) mass is 432 g/mol. The van der Waals surface area contributed by atoms with Crippen LogP contribution in [-0.4, -0.2) is 12.6 Å². The zero-order valence-electron chi connectivity index (χ0n) is 7.31. The van der Waals surface area contributed by atoms with Crippen molar-refractivity contribution in [2.75, 3.05) is 6.61 Å². The summed E-state index contributed by atoms with van der Waals surface area (Å²) in [5, 5.41) is 0. The second-order valence-electron chi connectivity index (χ2n) is 2.46. The van der Waals surface area contributed by atoms with Crippen LogP contribution in [0.4, 0.5) is 0 Å². The highest BCUT2D eigenvalue weighted by atomic mass is 127. The lowest BCUT2D eigenvalue weighted by Crippen LogP contribution is -2.06. The Morgan fingerprint density at radius 2 is 1.93 bits per heavy atom. The number of halogens is 3. The Morgan fingerprint density at radius 1 is 1.43 bits per heavy atom. The summed E-state index contributed by atoms with van der Waals surface area (Å²) < 4.78 is 7.47. The van der Waals surface area contributed by atoms with Crippen LogP contribution in [0.1, 0.15) is 17.3 Å². The first-order valence-corrected chi connectivity index (χ1v) is 6.54. The minimum Gasteiger partial charge on any atom is -0.462 e. The first-order valence-electron chi connectivity index (χ1n) is 3.88. The van der Waals surface area contributed by atoms with Crippen molar-refractivity contribution in [3.05, 3.63) is 30.2 Å². The van der Waals surface area contributed by atoms with Crippen molar-refractivity contribution in [2.24, 2.45) is 0 Å². The van der Waals surface area contributed by atoms with Gasteiger partial charge in [-0.05, 0) is 73.5 Å². The molecule has 1 aromatic carbocycles. The predicted octanol–water partition coefficient (Wildman–Crippen LogP) is 3.99. The normalized spacial score (nSPS) is 10.0. The van der Waals surface area contributed by atoms with Gasteiger partial charge in [0, 0.05) is 12.5 Å². The molecule has 76 valence electrons. The number of benzene rings is 1. The second-order valence-corrected chi connectivity index (χ2v) is 5.42. The smallest absolute Gasteiger partial charge is 0.340 e. The summed E-state index contributed by atoms with van der Waals surface area (Å²) in [4.78, 5) is 11.5. The number of ether oxygens (including phenoxy) is 1. The molecule has 0 aliphatic heterocycles. The molecule has 1 rings (SSSR count). The summed E-state index contributed by atoms with van der Waals surface area (Å²) in [5.41, 5.74) is 0.535. The van der Waals surface area contributed by atoms with Gasteiger partial charge in [0.2, 0.25) is 0 Å². The molecule has 2 nitrogen and oxygen atoms in total. The number of hydrogen-bond donors (Lipinski definition) is 0. The topological polar surface area (TPSA) is 26.3 Å². The molecule has 0 bridgehead atoms. The van der Waals surface area contributed by atoms with Gasteiger partial charge in [0.05, 0.1) is 12.2 Å². The molecule has 0 atom stereocenters. The van der Waals surface area contributed by atoms with E-state index in [9.17, 15) is 4.79 Å². The van der Waals surface area contributed by atoms with E-state index in [1.54, 1.807) is 6.92 Å². The van der Waals surface area contributed by atoms with E-state index in [0.717, 1.165) is 12.5 Å². The fourth-order valence-corrected chi connectivity index (χ4v) is 3.93. The van der Waals surface area contributed by atoms with Crippen molar-refractivity contribution < 1.29 is 9.53 Å². The summed E-state index contributed by atoms with van der Waals surface area (Å²) in [5.74, 6) is -0.317. The van der Waals surface area contributed by atoms with E-state index in [-0.39, 0.29) is 5.97 Å². The van der Waals surface area contributed by atoms with E-state index in [4.69, 9.17) is 4.74 Å². The molecule has 0 aliphatic rings. The highest BCUT2D eigenvalue weighted by Gasteiger charge is 2.15. The maximum absolute atomic E-state index is 11.5. The third-order valence-electron chi connectivity index (χ3n) is 1.49. The van der Waals surface area contributed by atoms with Crippen molar-refractivity contribution in [1.82, 2.24) is 0 Å². The van der Waals surface area contributed by atoms with Crippen LogP contribution < -0.4 is 0 Å². The van der Waals surface area contributed by atoms with Crippen LogP contribution in [0.5, 0.6) is 0 Å². The van der Waals surface area contributed by atoms with Crippen LogP contribution in [0, 0.1) is 3.57 Å². The maximum Gasteiger partial charge on any atom is 0.340 e. The summed E-state index contributed by atoms with van der Waals surface area (Å²) in [7, 11) is 0. The molecular formula is C9H7Br2IO2. The molecule has 0 fully saturated rings. The summed E-state index contributed by atoms with van der Waals surface area (Å²) in [6, 6.07) is 3.75. The van der Waals surface area contributed by atoms with Crippen molar-refractivity contribution in [3.8, 4) is 0 Å². The Kier molecular flexibility index (Phi) is 4.86. The maximum atomic E-state index is 11.5. The van der Waals surface area contributed by atoms with Crippen LogP contribution in [0.15, 0.2) is 21.1 Å². The molecular weight excluding hydrogens is 427 g/mol. The SMILES string of the molecule is CCOC(=O)c1c(Br)cc(I)cc1Br. The van der Waals surface area contributed by atoms with E-state index in [1.165, 1.54) is 0 Å². The van der Waals surface area contributed by atoms with Gasteiger partial charge >= 0.3 is 5.97 Å². The molecule has 0 heterocycles. The van der Waals surface area contributed by atoms with Gasteiger partial charge in [-0.15, -0.1) is 0 Å². The quantitative estimate of drug-likeness (QED) is 0.520. The molecule has 0 aliphatic carbocycles. The van der Waals surface area contributed by atoms with Crippen LogP contribution in [0.25, 0.3) is 0 Å². The van der Waals surface area contributed by atoms with E-state index in [2.05, 4.69) is 54.5 Å². The Morgan fingerprint density at radius 3 is 2.36 bits per heavy atom. The highest BCUT2D eigenvalue weighted by molar-refractivity contribution is 14.1. The van der Waals surface area contributed by atoms with E-state index >= 15 is 0 Å². The van der Waals surface area contributed by atoms with Gasteiger partial charge < -0.3 is 4.74 Å². The molecule has 0 N–H and O–H groups in total. The molecule has 0 unspecified atom stereocenters. The molecule has 0 spiro atoms. The molecule has 0 amide bonds. The minimum atomic E-state index is -0.317. The Labute approximate surface area is 113 Å². The Balaban J connectivity index is 3.14. The Bertz CT molecular complexity index is 343. The Hall–Kier alpha value is 0.380. The minimum absolute atomic E-state index is 0.317. The lowest BCUT2D eigenvalue weighted by Gasteiger charge is -2.07. The van der Waals surface area contributed by atoms with Gasteiger partial charge in [0.15, 0.2) is 0 Å². The fraction of sp³-hybridized carbons (Fsp3) is 0.222. The molecule has 5 heteroatoms. The average molecular weight is 434 g/mol. The number of carbonyl (C=O) groups is 1. The first-order chi connectivity index (χ1) is 6.56. The highest BCUT2D eigenvalue weighted by Crippen LogP contribution is 2.28. The van der Waals surface area contributed by atoms with Gasteiger partial charge in [-0.25, -0.2) is 4.79 Å². The van der Waals surface area contributed by atoms with Gasteiger partial charge in [0.1, 0.15) is 0 Å². The summed E-state index contributed by atoms with van der Waals surface area (Å²) >= 11 is 8.85. The van der Waals surface area contributed by atoms with E-state index in [1.807, 2.05) is 12.1 Å². The van der Waals surface area contributed by atoms with Gasteiger partial charge in [-0.3, -0.25) is 0 Å². The molecule has 14 heavy (non-hydrogen) atoms. The number of carbonyl (C=O) groups excluding carboxylic acids is 1. The van der Waals surface area contributed by atoms with E-state index in [0.29, 0.717) is 12.2 Å². The standard InChI is InChI=1S/C9H7Br2IO2/c1-2-14-9(13)8-6(10)3-5(12)4-7(8)11/h3-4H,2H2,1H3.